The van der Waals surface area contributed by atoms with Gasteiger partial charge in [-0.15, -0.1) is 0 Å². The Bertz CT molecular complexity index is 1180. The van der Waals surface area contributed by atoms with Crippen LogP contribution in [0.5, 0.6) is 11.5 Å². The van der Waals surface area contributed by atoms with E-state index in [2.05, 4.69) is 21.2 Å². The maximum absolute atomic E-state index is 13.2. The Morgan fingerprint density at radius 1 is 0.943 bits per heavy atom. The summed E-state index contributed by atoms with van der Waals surface area (Å²) in [7, 11) is 1.52. The van der Waals surface area contributed by atoms with E-state index in [0.29, 0.717) is 33.9 Å². The first-order chi connectivity index (χ1) is 16.8. The molecule has 0 aliphatic heterocycles. The van der Waals surface area contributed by atoms with Crippen molar-refractivity contribution in [1.82, 2.24) is 15.8 Å². The Kier molecular flexibility index (Phi) is 8.23. The van der Waals surface area contributed by atoms with Crippen LogP contribution in [0.2, 0.25) is 0 Å². The maximum atomic E-state index is 13.2. The van der Waals surface area contributed by atoms with Crippen LogP contribution < -0.4 is 31.4 Å². The molecule has 1 unspecified atom stereocenters. The first-order valence-corrected chi connectivity index (χ1v) is 10.8. The maximum Gasteiger partial charge on any atom is 0.269 e. The van der Waals surface area contributed by atoms with Gasteiger partial charge >= 0.3 is 0 Å². The summed E-state index contributed by atoms with van der Waals surface area (Å²) in [5.74, 6) is -0.0490. The molecule has 0 saturated carbocycles. The molecular weight excluding hydrogens is 448 g/mol. The van der Waals surface area contributed by atoms with Crippen LogP contribution in [0, 0.1) is 5.41 Å². The molecule has 10 nitrogen and oxygen atoms in total. The molecule has 0 fully saturated rings. The van der Waals surface area contributed by atoms with Gasteiger partial charge < -0.3 is 20.5 Å². The van der Waals surface area contributed by atoms with Crippen molar-refractivity contribution in [3.8, 4) is 11.5 Å². The van der Waals surface area contributed by atoms with Crippen molar-refractivity contribution >= 4 is 23.3 Å². The molecule has 0 radical (unpaired) electrons. The topological polar surface area (TPSA) is 151 Å². The van der Waals surface area contributed by atoms with E-state index in [0.717, 1.165) is 0 Å². The molecule has 2 amide bonds. The van der Waals surface area contributed by atoms with Crippen LogP contribution in [0.25, 0.3) is 0 Å². The number of pyridine rings is 1. The van der Waals surface area contributed by atoms with Crippen molar-refractivity contribution in [2.24, 2.45) is 5.73 Å². The number of carbonyl (C=O) groups is 2. The molecule has 3 rings (SSSR count). The molecule has 35 heavy (non-hydrogen) atoms. The van der Waals surface area contributed by atoms with Crippen molar-refractivity contribution in [1.29, 1.82) is 5.41 Å². The number of nitrogens with one attached hydrogen (secondary N) is 4. The number of methoxy groups -OCH3 is 1. The first kappa shape index (κ1) is 25.0. The molecule has 1 heterocycles. The lowest BCUT2D eigenvalue weighted by molar-refractivity contribution is -0.122. The van der Waals surface area contributed by atoms with Gasteiger partial charge in [0, 0.05) is 29.2 Å². The molecule has 3 aromatic rings. The van der Waals surface area contributed by atoms with Gasteiger partial charge in [-0.05, 0) is 67.9 Å². The second kappa shape index (κ2) is 11.5. The smallest absolute Gasteiger partial charge is 0.269 e. The number of nitrogens with two attached hydrogens (primary N) is 1. The average Bonchev–Trinajstić information content (AvgIpc) is 2.86. The monoisotopic (exact) mass is 476 g/mol. The van der Waals surface area contributed by atoms with Crippen LogP contribution >= 0.6 is 0 Å². The first-order valence-electron chi connectivity index (χ1n) is 10.8. The van der Waals surface area contributed by atoms with Crippen molar-refractivity contribution in [2.45, 2.75) is 26.0 Å². The van der Waals surface area contributed by atoms with Gasteiger partial charge in [0.25, 0.3) is 11.8 Å². The average molecular weight is 477 g/mol. The highest BCUT2D eigenvalue weighted by molar-refractivity contribution is 5.97. The Labute approximate surface area is 203 Å². The lowest BCUT2D eigenvalue weighted by Crippen LogP contribution is -2.45. The number of carbonyl (C=O) groups excluding carboxylic acids is 2. The molecule has 0 bridgehead atoms. The zero-order valence-corrected chi connectivity index (χ0v) is 19.7. The van der Waals surface area contributed by atoms with Crippen LogP contribution in [0.3, 0.4) is 0 Å². The number of amidine groups is 1. The molecule has 0 aliphatic carbocycles. The van der Waals surface area contributed by atoms with Crippen LogP contribution in [-0.2, 0) is 4.79 Å². The highest BCUT2D eigenvalue weighted by Gasteiger charge is 2.23. The summed E-state index contributed by atoms with van der Waals surface area (Å²) < 4.78 is 11.2. The minimum atomic E-state index is -0.905. The summed E-state index contributed by atoms with van der Waals surface area (Å²) >= 11 is 0. The van der Waals surface area contributed by atoms with Crippen molar-refractivity contribution < 1.29 is 19.1 Å². The molecule has 0 aliphatic rings. The van der Waals surface area contributed by atoms with Crippen LogP contribution in [0.1, 0.15) is 41.4 Å². The summed E-state index contributed by atoms with van der Waals surface area (Å²) in [6.07, 6.45) is 2.91. The highest BCUT2D eigenvalue weighted by Crippen LogP contribution is 2.32. The van der Waals surface area contributed by atoms with Crippen molar-refractivity contribution in [2.75, 3.05) is 12.4 Å². The van der Waals surface area contributed by atoms with E-state index in [-0.39, 0.29) is 11.9 Å². The minimum absolute atomic E-state index is 0.0600. The van der Waals surface area contributed by atoms with E-state index in [9.17, 15) is 9.59 Å². The summed E-state index contributed by atoms with van der Waals surface area (Å²) in [4.78, 5) is 29.4. The third-order valence-corrected chi connectivity index (χ3v) is 4.89. The summed E-state index contributed by atoms with van der Waals surface area (Å²) in [6.45, 7) is 3.81. The molecule has 0 saturated heterocycles. The number of nitrogens with zero attached hydrogens (tertiary/aromatic N) is 1. The third-order valence-electron chi connectivity index (χ3n) is 4.89. The van der Waals surface area contributed by atoms with E-state index in [1.54, 1.807) is 42.5 Å². The quantitative estimate of drug-likeness (QED) is 0.181. The van der Waals surface area contributed by atoms with Gasteiger partial charge in [0.1, 0.15) is 11.9 Å². The van der Waals surface area contributed by atoms with E-state index in [1.807, 2.05) is 13.8 Å². The molecule has 2 aromatic carbocycles. The van der Waals surface area contributed by atoms with E-state index < -0.39 is 17.9 Å². The molecule has 10 heteroatoms. The highest BCUT2D eigenvalue weighted by atomic mass is 16.5. The largest absolute Gasteiger partial charge is 0.493 e. The molecule has 182 valence electrons. The van der Waals surface area contributed by atoms with Gasteiger partial charge in [0.05, 0.1) is 13.2 Å². The Morgan fingerprint density at radius 2 is 1.63 bits per heavy atom. The number of aromatic nitrogens is 1. The SMILES string of the molecule is COc1cc(C(Nc2ccc(C(=N)N)cc2)C(=O)NNC(=O)c2ccncc2)ccc1OC(C)C. The number of hydrazine groups is 1. The fraction of sp³-hybridized carbons (Fsp3) is 0.200. The third kappa shape index (κ3) is 6.70. The number of nitrogen functional groups attached to an aromatic ring is 1. The van der Waals surface area contributed by atoms with Gasteiger partial charge in [-0.2, -0.15) is 0 Å². The predicted molar refractivity (Wildman–Crippen MR) is 132 cm³/mol. The van der Waals surface area contributed by atoms with E-state index in [1.165, 1.54) is 31.6 Å². The second-order valence-corrected chi connectivity index (χ2v) is 7.82. The zero-order chi connectivity index (χ0) is 25.4. The van der Waals surface area contributed by atoms with Gasteiger partial charge in [-0.3, -0.25) is 30.8 Å². The zero-order valence-electron chi connectivity index (χ0n) is 19.7. The van der Waals surface area contributed by atoms with Gasteiger partial charge in [-0.25, -0.2) is 0 Å². The van der Waals surface area contributed by atoms with E-state index in [4.69, 9.17) is 20.6 Å². The number of ether oxygens (including phenoxy) is 2. The van der Waals surface area contributed by atoms with Gasteiger partial charge in [-0.1, -0.05) is 6.07 Å². The molecular formula is C25H28N6O4. The fourth-order valence-electron chi connectivity index (χ4n) is 3.19. The lowest BCUT2D eigenvalue weighted by atomic mass is 10.0. The predicted octanol–water partition coefficient (Wildman–Crippen LogP) is 2.78. The Balaban J connectivity index is 1.86. The van der Waals surface area contributed by atoms with E-state index >= 15 is 0 Å². The number of amides is 2. The lowest BCUT2D eigenvalue weighted by Gasteiger charge is -2.22. The number of benzene rings is 2. The minimum Gasteiger partial charge on any atom is -0.493 e. The molecule has 0 spiro atoms. The number of anilines is 1. The van der Waals surface area contributed by atoms with Crippen molar-refractivity contribution in [3.05, 3.63) is 83.7 Å². The summed E-state index contributed by atoms with van der Waals surface area (Å²) in [5, 5.41) is 10.7. The Morgan fingerprint density at radius 3 is 2.23 bits per heavy atom. The van der Waals surface area contributed by atoms with Gasteiger partial charge in [0.15, 0.2) is 11.5 Å². The van der Waals surface area contributed by atoms with Crippen LogP contribution in [0.15, 0.2) is 67.0 Å². The molecule has 1 aromatic heterocycles. The number of rotatable bonds is 9. The fourth-order valence-corrected chi connectivity index (χ4v) is 3.19. The normalized spacial score (nSPS) is 11.3. The molecule has 1 atom stereocenters. The number of hydrogen-bond donors (Lipinski definition) is 5. The standard InChI is InChI=1S/C25H28N6O4/c1-15(2)35-20-9-6-18(14-21(20)34-3)22(29-19-7-4-16(5-8-19)23(26)27)25(33)31-30-24(32)17-10-12-28-13-11-17/h4-15,22,29H,1-3H3,(H3,26,27)(H,30,32)(H,31,33). The van der Waals surface area contributed by atoms with Gasteiger partial charge in [0.2, 0.25) is 0 Å². The summed E-state index contributed by atoms with van der Waals surface area (Å²) in [6, 6.07) is 14.1. The Hall–Kier alpha value is -4.60. The van der Waals surface area contributed by atoms with Crippen molar-refractivity contribution in [3.63, 3.8) is 0 Å². The molecule has 6 N–H and O–H groups in total. The summed E-state index contributed by atoms with van der Waals surface area (Å²) in [5.41, 5.74) is 12.5. The van der Waals surface area contributed by atoms with Crippen LogP contribution in [0.4, 0.5) is 5.69 Å². The second-order valence-electron chi connectivity index (χ2n) is 7.82. The van der Waals surface area contributed by atoms with Crippen LogP contribution in [-0.4, -0.2) is 35.8 Å². The number of hydrogen-bond acceptors (Lipinski definition) is 7.